The molecule has 0 unspecified atom stereocenters. The predicted octanol–water partition coefficient (Wildman–Crippen LogP) is 4.78. The molecule has 186 valence electrons. The molecule has 0 bridgehead atoms. The van der Waals surface area contributed by atoms with E-state index in [0.717, 1.165) is 22.3 Å². The minimum absolute atomic E-state index is 0.00192. The van der Waals surface area contributed by atoms with Crippen molar-refractivity contribution in [2.24, 2.45) is 14.1 Å². The van der Waals surface area contributed by atoms with E-state index < -0.39 is 5.82 Å². The average molecular weight is 505 g/mol. The highest BCUT2D eigenvalue weighted by Crippen LogP contribution is 2.43. The van der Waals surface area contributed by atoms with Crippen molar-refractivity contribution < 1.29 is 9.13 Å². The van der Waals surface area contributed by atoms with Crippen molar-refractivity contribution in [3.63, 3.8) is 0 Å². The lowest BCUT2D eigenvalue weighted by Crippen LogP contribution is -1.96. The summed E-state index contributed by atoms with van der Waals surface area (Å²) in [6.07, 6.45) is 8.58. The van der Waals surface area contributed by atoms with Crippen LogP contribution in [0.25, 0.3) is 44.5 Å². The molecule has 9 nitrogen and oxygen atoms in total. The molecule has 0 spiro atoms. The minimum Gasteiger partial charge on any atom is -0.421 e. The lowest BCUT2D eigenvalue weighted by atomic mass is 9.98. The summed E-state index contributed by atoms with van der Waals surface area (Å²) in [5.41, 5.74) is 12.2. The van der Waals surface area contributed by atoms with Crippen molar-refractivity contribution >= 4 is 27.9 Å². The molecular formula is C28H21FN8O. The molecule has 0 aliphatic carbocycles. The Morgan fingerprint density at radius 2 is 1.79 bits per heavy atom. The molecule has 0 saturated heterocycles. The molecular weight excluding hydrogens is 483 g/mol. The van der Waals surface area contributed by atoms with Crippen LogP contribution in [0.1, 0.15) is 11.5 Å². The summed E-state index contributed by atoms with van der Waals surface area (Å²) in [7, 11) is 3.75. The van der Waals surface area contributed by atoms with E-state index in [9.17, 15) is 0 Å². The van der Waals surface area contributed by atoms with Gasteiger partial charge in [0.2, 0.25) is 0 Å². The number of anilines is 1. The van der Waals surface area contributed by atoms with E-state index >= 15 is 4.39 Å². The van der Waals surface area contributed by atoms with Gasteiger partial charge in [-0.1, -0.05) is 12.1 Å². The number of nitrogens with zero attached hydrogens (tertiary/aromatic N) is 7. The van der Waals surface area contributed by atoms with Crippen molar-refractivity contribution in [2.45, 2.75) is 6.92 Å². The molecule has 4 heterocycles. The van der Waals surface area contributed by atoms with Gasteiger partial charge < -0.3 is 19.6 Å². The van der Waals surface area contributed by atoms with Crippen LogP contribution in [0.2, 0.25) is 0 Å². The molecule has 0 radical (unpaired) electrons. The average Bonchev–Trinajstić information content (AvgIpc) is 3.39. The zero-order chi connectivity index (χ0) is 26.6. The Hall–Kier alpha value is -5.30. The summed E-state index contributed by atoms with van der Waals surface area (Å²) in [6, 6.07) is 12.4. The Bertz CT molecular complexity index is 1930. The summed E-state index contributed by atoms with van der Waals surface area (Å²) in [6.45, 7) is 1.80. The Balaban J connectivity index is 1.55. The monoisotopic (exact) mass is 504 g/mol. The van der Waals surface area contributed by atoms with Crippen molar-refractivity contribution in [3.8, 4) is 46.5 Å². The highest BCUT2D eigenvalue weighted by Gasteiger charge is 2.23. The lowest BCUT2D eigenvalue weighted by Gasteiger charge is -2.11. The molecule has 0 atom stereocenters. The van der Waals surface area contributed by atoms with E-state index in [1.807, 2.05) is 41.4 Å². The summed E-state index contributed by atoms with van der Waals surface area (Å²) >= 11 is 0. The summed E-state index contributed by atoms with van der Waals surface area (Å²) < 4.78 is 24.8. The maximum atomic E-state index is 15.4. The predicted molar refractivity (Wildman–Crippen MR) is 143 cm³/mol. The van der Waals surface area contributed by atoms with Crippen molar-refractivity contribution in [2.75, 3.05) is 5.73 Å². The fourth-order valence-electron chi connectivity index (χ4n) is 4.68. The minimum atomic E-state index is -0.579. The van der Waals surface area contributed by atoms with Gasteiger partial charge in [0.25, 0.3) is 0 Å². The zero-order valence-corrected chi connectivity index (χ0v) is 20.8. The van der Waals surface area contributed by atoms with Crippen molar-refractivity contribution in [3.05, 3.63) is 72.3 Å². The van der Waals surface area contributed by atoms with Crippen LogP contribution < -0.4 is 10.5 Å². The standard InChI is InChI=1S/C28H21FN8O/c1-5-22-35-19-13-17(6-8-20(19)36(22)3)25-23(24-26(30)32-14-33-27(24)37(25)4)16-7-9-21(18(29)12-16)38-28-31-11-10-15(2)34-28/h1,6-14H,2-4H3,(H2,30,32,33). The number of aryl methyl sites for hydroxylation is 3. The number of terminal acetylenes is 1. The number of halogens is 1. The smallest absolute Gasteiger partial charge is 0.322 e. The normalized spacial score (nSPS) is 11.2. The van der Waals surface area contributed by atoms with Crippen LogP contribution in [0.15, 0.2) is 55.0 Å². The van der Waals surface area contributed by atoms with Crippen LogP contribution in [0, 0.1) is 25.1 Å². The zero-order valence-electron chi connectivity index (χ0n) is 20.8. The molecule has 6 rings (SSSR count). The number of fused-ring (bicyclic) bond motifs is 2. The van der Waals surface area contributed by atoms with E-state index in [1.54, 1.807) is 31.3 Å². The number of ether oxygens (including phenoxy) is 1. The van der Waals surface area contributed by atoms with Gasteiger partial charge in [-0.3, -0.25) is 0 Å². The SMILES string of the molecule is C#Cc1nc2cc(-c3c(-c4ccc(Oc5nccc(C)n5)c(F)c4)c4c(N)ncnc4n3C)ccc2n1C. The van der Waals surface area contributed by atoms with Gasteiger partial charge in [0, 0.05) is 37.1 Å². The number of benzene rings is 2. The van der Waals surface area contributed by atoms with Gasteiger partial charge in [-0.15, -0.1) is 6.42 Å². The van der Waals surface area contributed by atoms with Crippen LogP contribution in [0.5, 0.6) is 11.8 Å². The largest absolute Gasteiger partial charge is 0.421 e. The number of rotatable bonds is 4. The molecule has 0 fully saturated rings. The van der Waals surface area contributed by atoms with Crippen LogP contribution in [0.4, 0.5) is 10.2 Å². The van der Waals surface area contributed by atoms with Gasteiger partial charge in [0.1, 0.15) is 17.8 Å². The molecule has 38 heavy (non-hydrogen) atoms. The Kier molecular flexibility index (Phi) is 5.28. The van der Waals surface area contributed by atoms with Crippen LogP contribution >= 0.6 is 0 Å². The summed E-state index contributed by atoms with van der Waals surface area (Å²) in [5.74, 6) is 2.84. The maximum absolute atomic E-state index is 15.4. The first kappa shape index (κ1) is 23.1. The van der Waals surface area contributed by atoms with E-state index in [1.165, 1.54) is 12.4 Å². The maximum Gasteiger partial charge on any atom is 0.322 e. The number of aromatic nitrogens is 7. The molecule has 0 aliphatic heterocycles. The van der Waals surface area contributed by atoms with Crippen molar-refractivity contribution in [1.82, 2.24) is 34.1 Å². The quantitative estimate of drug-likeness (QED) is 0.344. The Labute approximate surface area is 216 Å². The lowest BCUT2D eigenvalue weighted by molar-refractivity contribution is 0.410. The second-order valence-corrected chi connectivity index (χ2v) is 8.81. The third-order valence-electron chi connectivity index (χ3n) is 6.47. The topological polar surface area (TPSA) is 110 Å². The molecule has 2 aromatic carbocycles. The second-order valence-electron chi connectivity index (χ2n) is 8.81. The van der Waals surface area contributed by atoms with Gasteiger partial charge in [-0.25, -0.2) is 29.3 Å². The Morgan fingerprint density at radius 3 is 2.55 bits per heavy atom. The first-order valence-corrected chi connectivity index (χ1v) is 11.7. The van der Waals surface area contributed by atoms with Crippen LogP contribution in [-0.2, 0) is 14.1 Å². The molecule has 10 heteroatoms. The molecule has 4 aromatic heterocycles. The van der Waals surface area contributed by atoms with Gasteiger partial charge >= 0.3 is 6.01 Å². The van der Waals surface area contributed by atoms with E-state index in [0.29, 0.717) is 33.7 Å². The fraction of sp³-hybridized carbons (Fsp3) is 0.107. The fourth-order valence-corrected chi connectivity index (χ4v) is 4.68. The third kappa shape index (κ3) is 3.60. The van der Waals surface area contributed by atoms with Crippen LogP contribution in [-0.4, -0.2) is 34.1 Å². The Morgan fingerprint density at radius 1 is 0.974 bits per heavy atom. The van der Waals surface area contributed by atoms with Gasteiger partial charge in [0.15, 0.2) is 17.4 Å². The summed E-state index contributed by atoms with van der Waals surface area (Å²) in [5, 5.41) is 0.616. The highest BCUT2D eigenvalue weighted by atomic mass is 19.1. The van der Waals surface area contributed by atoms with E-state index in [-0.39, 0.29) is 17.6 Å². The number of nitrogens with two attached hydrogens (primary N) is 1. The molecule has 0 saturated carbocycles. The number of nitrogen functional groups attached to an aromatic ring is 1. The molecule has 0 aliphatic rings. The van der Waals surface area contributed by atoms with E-state index in [4.69, 9.17) is 16.9 Å². The molecule has 0 amide bonds. The molecule has 6 aromatic rings. The number of imidazole rings is 1. The second kappa shape index (κ2) is 8.67. The van der Waals surface area contributed by atoms with Crippen molar-refractivity contribution in [1.29, 1.82) is 0 Å². The van der Waals surface area contributed by atoms with Gasteiger partial charge in [-0.2, -0.15) is 0 Å². The number of hydrogen-bond acceptors (Lipinski definition) is 7. The first-order valence-electron chi connectivity index (χ1n) is 11.7. The van der Waals surface area contributed by atoms with E-state index in [2.05, 4.69) is 30.8 Å². The summed E-state index contributed by atoms with van der Waals surface area (Å²) in [4.78, 5) is 21.5. The number of hydrogen-bond donors (Lipinski definition) is 1. The first-order chi connectivity index (χ1) is 18.4. The van der Waals surface area contributed by atoms with Crippen LogP contribution in [0.3, 0.4) is 0 Å². The van der Waals surface area contributed by atoms with Gasteiger partial charge in [-0.05, 0) is 48.7 Å². The molecule has 2 N–H and O–H groups in total. The van der Waals surface area contributed by atoms with Gasteiger partial charge in [0.05, 0.1) is 22.1 Å². The highest BCUT2D eigenvalue weighted by molar-refractivity contribution is 6.08. The third-order valence-corrected chi connectivity index (χ3v) is 6.47.